The summed E-state index contributed by atoms with van der Waals surface area (Å²) in [6.07, 6.45) is 1.70. The third-order valence-electron chi connectivity index (χ3n) is 2.86. The van der Waals surface area contributed by atoms with Crippen LogP contribution in [0.4, 0.5) is 11.4 Å². The van der Waals surface area contributed by atoms with Crippen LogP contribution >= 0.6 is 0 Å². The number of aliphatic hydroxyl groups is 2. The number of hydrogen-bond acceptors (Lipinski definition) is 5. The minimum atomic E-state index is 0.0339. The molecule has 1 heterocycles. The van der Waals surface area contributed by atoms with E-state index in [0.717, 1.165) is 16.6 Å². The molecule has 0 aliphatic rings. The summed E-state index contributed by atoms with van der Waals surface area (Å²) in [6, 6.07) is 7.48. The number of nitrogens with zero attached hydrogens (tertiary/aromatic N) is 2. The van der Waals surface area contributed by atoms with Crippen LogP contribution in [0.25, 0.3) is 10.9 Å². The number of anilines is 2. The second-order valence-corrected chi connectivity index (χ2v) is 4.01. The first-order valence-electron chi connectivity index (χ1n) is 5.88. The van der Waals surface area contributed by atoms with E-state index in [4.69, 9.17) is 15.9 Å². The van der Waals surface area contributed by atoms with Gasteiger partial charge in [0.1, 0.15) is 0 Å². The Labute approximate surface area is 105 Å². The third kappa shape index (κ3) is 2.37. The molecule has 0 fully saturated rings. The summed E-state index contributed by atoms with van der Waals surface area (Å²) in [6.45, 7) is 1.00. The van der Waals surface area contributed by atoms with Crippen molar-refractivity contribution in [2.45, 2.75) is 0 Å². The molecule has 0 spiro atoms. The molecule has 0 bridgehead atoms. The molecule has 0 saturated carbocycles. The number of pyridine rings is 1. The number of nitrogen functional groups attached to an aromatic ring is 1. The van der Waals surface area contributed by atoms with Gasteiger partial charge in [-0.2, -0.15) is 0 Å². The van der Waals surface area contributed by atoms with Crippen LogP contribution in [-0.4, -0.2) is 41.5 Å². The molecule has 0 radical (unpaired) electrons. The van der Waals surface area contributed by atoms with Gasteiger partial charge in [-0.15, -0.1) is 0 Å². The second-order valence-electron chi connectivity index (χ2n) is 4.01. The van der Waals surface area contributed by atoms with Gasteiger partial charge in [0.05, 0.1) is 24.4 Å². The summed E-state index contributed by atoms with van der Waals surface area (Å²) in [5.74, 6) is 0. The lowest BCUT2D eigenvalue weighted by Crippen LogP contribution is -2.29. The fraction of sp³-hybridized carbons (Fsp3) is 0.308. The van der Waals surface area contributed by atoms with E-state index in [2.05, 4.69) is 4.98 Å². The Morgan fingerprint density at radius 3 is 2.50 bits per heavy atom. The molecule has 1 aromatic heterocycles. The Morgan fingerprint density at radius 1 is 1.11 bits per heavy atom. The number of aliphatic hydroxyl groups excluding tert-OH is 2. The SMILES string of the molecule is Nc1ccc(N(CCO)CCO)c2cccnc12. The zero-order valence-electron chi connectivity index (χ0n) is 10.1. The molecular formula is C13H17N3O2. The Kier molecular flexibility index (Phi) is 3.96. The van der Waals surface area contributed by atoms with E-state index in [1.165, 1.54) is 0 Å². The third-order valence-corrected chi connectivity index (χ3v) is 2.86. The first-order chi connectivity index (χ1) is 8.77. The highest BCUT2D eigenvalue weighted by molar-refractivity contribution is 5.98. The number of nitrogens with two attached hydrogens (primary N) is 1. The van der Waals surface area contributed by atoms with Gasteiger partial charge in [-0.05, 0) is 24.3 Å². The van der Waals surface area contributed by atoms with Gasteiger partial charge in [-0.3, -0.25) is 4.98 Å². The quantitative estimate of drug-likeness (QED) is 0.674. The van der Waals surface area contributed by atoms with Crippen molar-refractivity contribution in [3.8, 4) is 0 Å². The molecule has 0 aliphatic carbocycles. The number of benzene rings is 1. The van der Waals surface area contributed by atoms with Crippen molar-refractivity contribution in [3.05, 3.63) is 30.5 Å². The monoisotopic (exact) mass is 247 g/mol. The van der Waals surface area contributed by atoms with Gasteiger partial charge in [0.2, 0.25) is 0 Å². The zero-order valence-corrected chi connectivity index (χ0v) is 10.1. The molecule has 1 aromatic carbocycles. The summed E-state index contributed by atoms with van der Waals surface area (Å²) < 4.78 is 0. The smallest absolute Gasteiger partial charge is 0.0951 e. The van der Waals surface area contributed by atoms with Gasteiger partial charge in [0.15, 0.2) is 0 Å². The molecule has 0 saturated heterocycles. The van der Waals surface area contributed by atoms with E-state index in [1.54, 1.807) is 12.3 Å². The molecule has 2 aromatic rings. The van der Waals surface area contributed by atoms with Crippen LogP contribution in [0, 0.1) is 0 Å². The van der Waals surface area contributed by atoms with Crippen molar-refractivity contribution in [2.75, 3.05) is 36.9 Å². The molecule has 2 rings (SSSR count). The fourth-order valence-electron chi connectivity index (χ4n) is 2.05. The summed E-state index contributed by atoms with van der Waals surface area (Å²) >= 11 is 0. The van der Waals surface area contributed by atoms with Crippen LogP contribution in [0.2, 0.25) is 0 Å². The van der Waals surface area contributed by atoms with E-state index >= 15 is 0 Å². The maximum absolute atomic E-state index is 9.09. The minimum Gasteiger partial charge on any atom is -0.397 e. The Balaban J connectivity index is 2.52. The van der Waals surface area contributed by atoms with Gasteiger partial charge in [-0.1, -0.05) is 0 Å². The van der Waals surface area contributed by atoms with Crippen molar-refractivity contribution in [1.82, 2.24) is 4.98 Å². The topological polar surface area (TPSA) is 82.6 Å². The number of rotatable bonds is 5. The van der Waals surface area contributed by atoms with E-state index < -0.39 is 0 Å². The molecule has 18 heavy (non-hydrogen) atoms. The molecule has 4 N–H and O–H groups in total. The highest BCUT2D eigenvalue weighted by atomic mass is 16.3. The Bertz CT molecular complexity index is 525. The van der Waals surface area contributed by atoms with Crippen LogP contribution in [-0.2, 0) is 0 Å². The number of aromatic nitrogens is 1. The largest absolute Gasteiger partial charge is 0.397 e. The number of hydrogen-bond donors (Lipinski definition) is 3. The maximum Gasteiger partial charge on any atom is 0.0951 e. The molecule has 5 heteroatoms. The lowest BCUT2D eigenvalue weighted by molar-refractivity contribution is 0.281. The maximum atomic E-state index is 9.09. The van der Waals surface area contributed by atoms with E-state index in [1.807, 2.05) is 23.1 Å². The van der Waals surface area contributed by atoms with Gasteiger partial charge in [-0.25, -0.2) is 0 Å². The highest BCUT2D eigenvalue weighted by Gasteiger charge is 2.11. The van der Waals surface area contributed by atoms with Crippen molar-refractivity contribution < 1.29 is 10.2 Å². The summed E-state index contributed by atoms with van der Waals surface area (Å²) in [4.78, 5) is 6.19. The van der Waals surface area contributed by atoms with E-state index in [0.29, 0.717) is 18.8 Å². The van der Waals surface area contributed by atoms with Crippen LogP contribution in [0.3, 0.4) is 0 Å². The first kappa shape index (κ1) is 12.6. The van der Waals surface area contributed by atoms with Crippen molar-refractivity contribution in [2.24, 2.45) is 0 Å². The molecule has 0 atom stereocenters. The molecular weight excluding hydrogens is 230 g/mol. The summed E-state index contributed by atoms with van der Waals surface area (Å²) in [5.41, 5.74) is 8.19. The van der Waals surface area contributed by atoms with Gasteiger partial charge < -0.3 is 20.8 Å². The number of fused-ring (bicyclic) bond motifs is 1. The summed E-state index contributed by atoms with van der Waals surface area (Å²) in [5, 5.41) is 19.1. The van der Waals surface area contributed by atoms with Crippen molar-refractivity contribution >= 4 is 22.3 Å². The first-order valence-corrected chi connectivity index (χ1v) is 5.88. The van der Waals surface area contributed by atoms with E-state index in [9.17, 15) is 0 Å². The lowest BCUT2D eigenvalue weighted by Gasteiger charge is -2.24. The average Bonchev–Trinajstić information content (AvgIpc) is 2.39. The van der Waals surface area contributed by atoms with Crippen LogP contribution in [0.5, 0.6) is 0 Å². The minimum absolute atomic E-state index is 0.0339. The van der Waals surface area contributed by atoms with Gasteiger partial charge in [0.25, 0.3) is 0 Å². The zero-order chi connectivity index (χ0) is 13.0. The summed E-state index contributed by atoms with van der Waals surface area (Å²) in [7, 11) is 0. The second kappa shape index (κ2) is 5.66. The van der Waals surface area contributed by atoms with Crippen LogP contribution < -0.4 is 10.6 Å². The van der Waals surface area contributed by atoms with Gasteiger partial charge in [0, 0.05) is 30.4 Å². The molecule has 0 aliphatic heterocycles. The molecule has 0 amide bonds. The normalized spacial score (nSPS) is 10.8. The van der Waals surface area contributed by atoms with Gasteiger partial charge >= 0.3 is 0 Å². The van der Waals surface area contributed by atoms with E-state index in [-0.39, 0.29) is 13.2 Å². The highest BCUT2D eigenvalue weighted by Crippen LogP contribution is 2.29. The average molecular weight is 247 g/mol. The molecule has 5 nitrogen and oxygen atoms in total. The predicted molar refractivity (Wildman–Crippen MR) is 72.5 cm³/mol. The fourth-order valence-corrected chi connectivity index (χ4v) is 2.05. The lowest BCUT2D eigenvalue weighted by atomic mass is 10.1. The Morgan fingerprint density at radius 2 is 1.83 bits per heavy atom. The Hall–Kier alpha value is -1.85. The molecule has 96 valence electrons. The van der Waals surface area contributed by atoms with Crippen LogP contribution in [0.15, 0.2) is 30.5 Å². The molecule has 0 unspecified atom stereocenters. The standard InChI is InChI=1S/C13H17N3O2/c14-11-3-4-12(16(6-8-17)7-9-18)10-2-1-5-15-13(10)11/h1-5,17-18H,6-9,14H2. The van der Waals surface area contributed by atoms with Crippen molar-refractivity contribution in [1.29, 1.82) is 0 Å². The predicted octanol–water partition coefficient (Wildman–Crippen LogP) is 0.608. The van der Waals surface area contributed by atoms with Crippen LogP contribution in [0.1, 0.15) is 0 Å². The van der Waals surface area contributed by atoms with Crippen molar-refractivity contribution in [3.63, 3.8) is 0 Å².